The maximum atomic E-state index is 5.65. The van der Waals surface area contributed by atoms with Gasteiger partial charge < -0.3 is 14.6 Å². The summed E-state index contributed by atoms with van der Waals surface area (Å²) in [5, 5.41) is 3.34. The van der Waals surface area contributed by atoms with Crippen LogP contribution in [0.3, 0.4) is 0 Å². The van der Waals surface area contributed by atoms with Crippen LogP contribution < -0.4 is 10.2 Å². The van der Waals surface area contributed by atoms with Gasteiger partial charge in [0.25, 0.3) is 6.01 Å². The fourth-order valence-corrected chi connectivity index (χ4v) is 2.01. The van der Waals surface area contributed by atoms with Crippen molar-refractivity contribution in [1.82, 2.24) is 15.3 Å². The molecule has 3 rings (SSSR count). The SMILES string of the molecule is CC1CNCCN1c1nc2cccnc2o1. The van der Waals surface area contributed by atoms with Gasteiger partial charge in [0.2, 0.25) is 5.71 Å². The van der Waals surface area contributed by atoms with E-state index in [1.54, 1.807) is 6.20 Å². The quantitative estimate of drug-likeness (QED) is 0.774. The van der Waals surface area contributed by atoms with Gasteiger partial charge in [-0.05, 0) is 19.1 Å². The lowest BCUT2D eigenvalue weighted by Gasteiger charge is -2.32. The van der Waals surface area contributed by atoms with Gasteiger partial charge >= 0.3 is 0 Å². The molecule has 5 nitrogen and oxygen atoms in total. The maximum Gasteiger partial charge on any atom is 0.300 e. The molecule has 1 atom stereocenters. The molecule has 1 saturated heterocycles. The number of piperazine rings is 1. The van der Waals surface area contributed by atoms with Crippen LogP contribution in [-0.2, 0) is 0 Å². The van der Waals surface area contributed by atoms with Crippen molar-refractivity contribution < 1.29 is 4.42 Å². The van der Waals surface area contributed by atoms with Crippen LogP contribution >= 0.6 is 0 Å². The van der Waals surface area contributed by atoms with E-state index in [4.69, 9.17) is 4.42 Å². The van der Waals surface area contributed by atoms with Crippen molar-refractivity contribution in [3.05, 3.63) is 18.3 Å². The summed E-state index contributed by atoms with van der Waals surface area (Å²) in [5.74, 6) is 0. The number of oxazole rings is 1. The van der Waals surface area contributed by atoms with Crippen LogP contribution in [0.1, 0.15) is 6.92 Å². The summed E-state index contributed by atoms with van der Waals surface area (Å²) in [6.07, 6.45) is 1.72. The number of fused-ring (bicyclic) bond motifs is 1. The van der Waals surface area contributed by atoms with E-state index in [-0.39, 0.29) is 0 Å². The summed E-state index contributed by atoms with van der Waals surface area (Å²) in [7, 11) is 0. The highest BCUT2D eigenvalue weighted by Gasteiger charge is 2.22. The summed E-state index contributed by atoms with van der Waals surface area (Å²) in [6.45, 7) is 5.02. The van der Waals surface area contributed by atoms with Crippen LogP contribution in [-0.4, -0.2) is 35.6 Å². The van der Waals surface area contributed by atoms with Crippen LogP contribution in [0.15, 0.2) is 22.7 Å². The first kappa shape index (κ1) is 9.59. The minimum atomic E-state index is 0.404. The van der Waals surface area contributed by atoms with Gasteiger partial charge in [0, 0.05) is 31.9 Å². The third-order valence-electron chi connectivity index (χ3n) is 2.90. The fraction of sp³-hybridized carbons (Fsp3) is 0.455. The normalized spacial score (nSPS) is 21.6. The first-order valence-corrected chi connectivity index (χ1v) is 5.53. The number of nitrogens with zero attached hydrogens (tertiary/aromatic N) is 3. The number of nitrogens with one attached hydrogen (secondary N) is 1. The molecule has 16 heavy (non-hydrogen) atoms. The van der Waals surface area contributed by atoms with Crippen molar-refractivity contribution >= 4 is 17.2 Å². The predicted molar refractivity (Wildman–Crippen MR) is 61.5 cm³/mol. The second kappa shape index (κ2) is 3.75. The fourth-order valence-electron chi connectivity index (χ4n) is 2.01. The molecule has 2 aromatic heterocycles. The van der Waals surface area contributed by atoms with E-state index in [1.165, 1.54) is 0 Å². The molecule has 2 aromatic rings. The molecule has 0 saturated carbocycles. The number of anilines is 1. The zero-order chi connectivity index (χ0) is 11.0. The van der Waals surface area contributed by atoms with E-state index < -0.39 is 0 Å². The number of hydrogen-bond acceptors (Lipinski definition) is 5. The molecule has 0 bridgehead atoms. The highest BCUT2D eigenvalue weighted by Crippen LogP contribution is 2.21. The molecule has 0 spiro atoms. The Balaban J connectivity index is 1.98. The maximum absolute atomic E-state index is 5.65. The second-order valence-corrected chi connectivity index (χ2v) is 4.07. The summed E-state index contributed by atoms with van der Waals surface area (Å²) >= 11 is 0. The molecule has 1 unspecified atom stereocenters. The van der Waals surface area contributed by atoms with Crippen LogP contribution in [0.25, 0.3) is 11.2 Å². The molecule has 1 aliphatic rings. The molecule has 0 aromatic carbocycles. The van der Waals surface area contributed by atoms with Gasteiger partial charge in [-0.25, -0.2) is 4.98 Å². The number of aromatic nitrogens is 2. The molecular formula is C11H14N4O. The lowest BCUT2D eigenvalue weighted by Crippen LogP contribution is -2.50. The van der Waals surface area contributed by atoms with Crippen molar-refractivity contribution in [2.75, 3.05) is 24.5 Å². The second-order valence-electron chi connectivity index (χ2n) is 4.07. The Hall–Kier alpha value is -1.62. The highest BCUT2D eigenvalue weighted by molar-refractivity contribution is 5.69. The Morgan fingerprint density at radius 2 is 2.50 bits per heavy atom. The largest absolute Gasteiger partial charge is 0.404 e. The monoisotopic (exact) mass is 218 g/mol. The van der Waals surface area contributed by atoms with E-state index in [0.717, 1.165) is 25.2 Å². The van der Waals surface area contributed by atoms with Crippen molar-refractivity contribution in [3.8, 4) is 0 Å². The van der Waals surface area contributed by atoms with Gasteiger partial charge in [-0.2, -0.15) is 4.98 Å². The zero-order valence-electron chi connectivity index (χ0n) is 9.18. The molecule has 84 valence electrons. The highest BCUT2D eigenvalue weighted by atomic mass is 16.4. The van der Waals surface area contributed by atoms with Gasteiger partial charge in [-0.1, -0.05) is 0 Å². The van der Waals surface area contributed by atoms with E-state index in [9.17, 15) is 0 Å². The molecule has 1 fully saturated rings. The summed E-state index contributed by atoms with van der Waals surface area (Å²) in [5.41, 5.74) is 1.44. The summed E-state index contributed by atoms with van der Waals surface area (Å²) < 4.78 is 5.65. The molecule has 0 radical (unpaired) electrons. The number of pyridine rings is 1. The average Bonchev–Trinajstić information content (AvgIpc) is 2.73. The van der Waals surface area contributed by atoms with Crippen LogP contribution in [0, 0.1) is 0 Å². The molecule has 0 amide bonds. The third-order valence-corrected chi connectivity index (χ3v) is 2.90. The lowest BCUT2D eigenvalue weighted by molar-refractivity contribution is 0.454. The first-order chi connectivity index (χ1) is 7.84. The Bertz CT molecular complexity index is 462. The lowest BCUT2D eigenvalue weighted by atomic mass is 10.2. The van der Waals surface area contributed by atoms with Crippen molar-refractivity contribution in [3.63, 3.8) is 0 Å². The Morgan fingerprint density at radius 1 is 1.56 bits per heavy atom. The van der Waals surface area contributed by atoms with Gasteiger partial charge in [-0.3, -0.25) is 0 Å². The van der Waals surface area contributed by atoms with Crippen LogP contribution in [0.2, 0.25) is 0 Å². The van der Waals surface area contributed by atoms with Crippen LogP contribution in [0.5, 0.6) is 0 Å². The Labute approximate surface area is 93.5 Å². The summed E-state index contributed by atoms with van der Waals surface area (Å²) in [4.78, 5) is 10.8. The first-order valence-electron chi connectivity index (χ1n) is 5.53. The molecule has 1 N–H and O–H groups in total. The van der Waals surface area contributed by atoms with E-state index in [2.05, 4.69) is 27.1 Å². The van der Waals surface area contributed by atoms with Crippen molar-refractivity contribution in [2.24, 2.45) is 0 Å². The number of hydrogen-bond donors (Lipinski definition) is 1. The smallest absolute Gasteiger partial charge is 0.300 e. The molecule has 3 heterocycles. The van der Waals surface area contributed by atoms with Crippen molar-refractivity contribution in [2.45, 2.75) is 13.0 Å². The van der Waals surface area contributed by atoms with E-state index >= 15 is 0 Å². The van der Waals surface area contributed by atoms with Gasteiger partial charge in [0.05, 0.1) is 0 Å². The Kier molecular flexibility index (Phi) is 2.25. The standard InChI is InChI=1S/C11H14N4O/c1-8-7-12-5-6-15(8)11-14-9-3-2-4-13-10(9)16-11/h2-4,8,12H,5-7H2,1H3. The minimum absolute atomic E-state index is 0.404. The van der Waals surface area contributed by atoms with Crippen LogP contribution in [0.4, 0.5) is 6.01 Å². The molecular weight excluding hydrogens is 204 g/mol. The van der Waals surface area contributed by atoms with E-state index in [0.29, 0.717) is 17.8 Å². The molecule has 1 aliphatic heterocycles. The van der Waals surface area contributed by atoms with E-state index in [1.807, 2.05) is 12.1 Å². The zero-order valence-corrected chi connectivity index (χ0v) is 9.18. The molecule has 0 aliphatic carbocycles. The topological polar surface area (TPSA) is 54.2 Å². The van der Waals surface area contributed by atoms with Gasteiger partial charge in [0.15, 0.2) is 0 Å². The average molecular weight is 218 g/mol. The minimum Gasteiger partial charge on any atom is -0.404 e. The number of rotatable bonds is 1. The van der Waals surface area contributed by atoms with Crippen molar-refractivity contribution in [1.29, 1.82) is 0 Å². The molecule has 5 heteroatoms. The van der Waals surface area contributed by atoms with Gasteiger partial charge in [-0.15, -0.1) is 0 Å². The predicted octanol–water partition coefficient (Wildman–Crippen LogP) is 1.02. The van der Waals surface area contributed by atoms with Gasteiger partial charge in [0.1, 0.15) is 5.52 Å². The third kappa shape index (κ3) is 1.53. The summed E-state index contributed by atoms with van der Waals surface area (Å²) in [6, 6.07) is 4.88. The Morgan fingerprint density at radius 3 is 3.31 bits per heavy atom.